The van der Waals surface area contributed by atoms with E-state index in [1.165, 1.54) is 0 Å². The average molecular weight is 116 g/mol. The van der Waals surface area contributed by atoms with Crippen molar-refractivity contribution in [3.05, 3.63) is 12.7 Å². The van der Waals surface area contributed by atoms with Crippen LogP contribution in [0.4, 0.5) is 0 Å². The molecule has 8 heavy (non-hydrogen) atoms. The molecule has 0 heterocycles. The van der Waals surface area contributed by atoms with Gasteiger partial charge in [0.05, 0.1) is 12.2 Å². The minimum atomic E-state index is -0.970. The smallest absolute Gasteiger partial charge is 0.0883 e. The van der Waals surface area contributed by atoms with Crippen LogP contribution < -0.4 is 0 Å². The normalized spacial score (nSPS) is 17.4. The van der Waals surface area contributed by atoms with Crippen molar-refractivity contribution in [3.8, 4) is 0 Å². The first-order valence-corrected chi connectivity index (χ1v) is 2.56. The maximum absolute atomic E-state index is 9.00. The van der Waals surface area contributed by atoms with Crippen LogP contribution in [0, 0.1) is 0 Å². The van der Waals surface area contributed by atoms with Gasteiger partial charge in [-0.05, 0) is 13.3 Å². The largest absolute Gasteiger partial charge is 0.393 e. The minimum absolute atomic E-state index is 0.209. The maximum atomic E-state index is 9.00. The molecule has 2 N–H and O–H groups in total. The monoisotopic (exact) mass is 116 g/mol. The predicted molar refractivity (Wildman–Crippen MR) is 32.5 cm³/mol. The van der Waals surface area contributed by atoms with E-state index >= 15 is 0 Å². The Morgan fingerprint density at radius 2 is 2.25 bits per heavy atom. The van der Waals surface area contributed by atoms with E-state index in [9.17, 15) is 0 Å². The third kappa shape index (κ3) is 2.77. The quantitative estimate of drug-likeness (QED) is 0.521. The average Bonchev–Trinajstić information content (AvgIpc) is 1.67. The minimum Gasteiger partial charge on any atom is -0.393 e. The van der Waals surface area contributed by atoms with Gasteiger partial charge in [-0.25, -0.2) is 0 Å². The summed E-state index contributed by atoms with van der Waals surface area (Å²) in [5, 5.41) is 17.4. The van der Waals surface area contributed by atoms with Gasteiger partial charge in [-0.15, -0.1) is 6.58 Å². The highest BCUT2D eigenvalue weighted by molar-refractivity contribution is 4.81. The topological polar surface area (TPSA) is 40.5 Å². The standard InChI is InChI=1S/C6H12O2/c1-3-4-6(2,8)5-7/h3,7-8H,1,4-5H2,2H3/t6-/m0/s1. The molecule has 0 rings (SSSR count). The predicted octanol–water partition coefficient (Wildman–Crippen LogP) is 0.306. The van der Waals surface area contributed by atoms with Crippen LogP contribution in [-0.2, 0) is 0 Å². The van der Waals surface area contributed by atoms with Crippen LogP contribution in [0.1, 0.15) is 13.3 Å². The molecule has 48 valence electrons. The second kappa shape index (κ2) is 2.84. The van der Waals surface area contributed by atoms with Crippen molar-refractivity contribution in [2.75, 3.05) is 6.61 Å². The molecule has 0 aromatic carbocycles. The molecule has 0 saturated heterocycles. The lowest BCUT2D eigenvalue weighted by Gasteiger charge is -2.16. The van der Waals surface area contributed by atoms with E-state index in [-0.39, 0.29) is 6.61 Å². The zero-order valence-electron chi connectivity index (χ0n) is 5.09. The summed E-state index contributed by atoms with van der Waals surface area (Å²) >= 11 is 0. The molecule has 0 unspecified atom stereocenters. The highest BCUT2D eigenvalue weighted by atomic mass is 16.3. The van der Waals surface area contributed by atoms with E-state index in [4.69, 9.17) is 10.2 Å². The summed E-state index contributed by atoms with van der Waals surface area (Å²) in [7, 11) is 0. The maximum Gasteiger partial charge on any atom is 0.0883 e. The third-order valence-corrected chi connectivity index (χ3v) is 0.925. The molecular weight excluding hydrogens is 104 g/mol. The van der Waals surface area contributed by atoms with Gasteiger partial charge in [0.1, 0.15) is 0 Å². The summed E-state index contributed by atoms with van der Waals surface area (Å²) < 4.78 is 0. The lowest BCUT2D eigenvalue weighted by atomic mass is 10.1. The SMILES string of the molecule is C=CC[C@](C)(O)CO. The van der Waals surface area contributed by atoms with Gasteiger partial charge in [0.25, 0.3) is 0 Å². The molecule has 2 nitrogen and oxygen atoms in total. The van der Waals surface area contributed by atoms with Crippen molar-refractivity contribution in [1.82, 2.24) is 0 Å². The fourth-order valence-corrected chi connectivity index (χ4v) is 0.375. The number of aliphatic hydroxyl groups is 2. The van der Waals surface area contributed by atoms with Gasteiger partial charge in [-0.2, -0.15) is 0 Å². The molecule has 0 aliphatic heterocycles. The molecule has 0 aromatic rings. The number of hydrogen-bond acceptors (Lipinski definition) is 2. The lowest BCUT2D eigenvalue weighted by molar-refractivity contribution is 0.00459. The molecule has 0 fully saturated rings. The molecule has 1 atom stereocenters. The lowest BCUT2D eigenvalue weighted by Crippen LogP contribution is -2.27. The van der Waals surface area contributed by atoms with Crippen molar-refractivity contribution < 1.29 is 10.2 Å². The van der Waals surface area contributed by atoms with Gasteiger partial charge in [-0.1, -0.05) is 6.08 Å². The highest BCUT2D eigenvalue weighted by Crippen LogP contribution is 2.06. The molecule has 0 saturated carbocycles. The van der Waals surface area contributed by atoms with E-state index < -0.39 is 5.60 Å². The molecule has 0 bridgehead atoms. The first-order valence-electron chi connectivity index (χ1n) is 2.56. The van der Waals surface area contributed by atoms with E-state index in [1.54, 1.807) is 13.0 Å². The summed E-state index contributed by atoms with van der Waals surface area (Å²) in [4.78, 5) is 0. The van der Waals surface area contributed by atoms with Crippen LogP contribution in [0.25, 0.3) is 0 Å². The fourth-order valence-electron chi connectivity index (χ4n) is 0.375. The van der Waals surface area contributed by atoms with Crippen molar-refractivity contribution in [2.24, 2.45) is 0 Å². The summed E-state index contributed by atoms with van der Waals surface area (Å²) in [6, 6.07) is 0. The van der Waals surface area contributed by atoms with Crippen LogP contribution in [0.2, 0.25) is 0 Å². The van der Waals surface area contributed by atoms with E-state index in [1.807, 2.05) is 0 Å². The molecule has 0 aromatic heterocycles. The second-order valence-electron chi connectivity index (χ2n) is 2.15. The molecule has 0 aliphatic carbocycles. The van der Waals surface area contributed by atoms with Gasteiger partial charge < -0.3 is 10.2 Å². The van der Waals surface area contributed by atoms with E-state index in [0.29, 0.717) is 6.42 Å². The Balaban J connectivity index is 3.53. The second-order valence-corrected chi connectivity index (χ2v) is 2.15. The van der Waals surface area contributed by atoms with Crippen molar-refractivity contribution in [3.63, 3.8) is 0 Å². The van der Waals surface area contributed by atoms with Crippen molar-refractivity contribution >= 4 is 0 Å². The molecule has 0 spiro atoms. The van der Waals surface area contributed by atoms with E-state index in [0.717, 1.165) is 0 Å². The Kier molecular flexibility index (Phi) is 2.72. The molecule has 2 heteroatoms. The highest BCUT2D eigenvalue weighted by Gasteiger charge is 2.15. The van der Waals surface area contributed by atoms with Gasteiger partial charge in [-0.3, -0.25) is 0 Å². The summed E-state index contributed by atoms with van der Waals surface area (Å²) in [5.41, 5.74) is -0.970. The van der Waals surface area contributed by atoms with Crippen LogP contribution in [0.3, 0.4) is 0 Å². The number of aliphatic hydroxyl groups excluding tert-OH is 1. The van der Waals surface area contributed by atoms with Crippen molar-refractivity contribution in [1.29, 1.82) is 0 Å². The summed E-state index contributed by atoms with van der Waals surface area (Å²) in [6.45, 7) is 4.78. The Labute approximate surface area is 49.5 Å². The van der Waals surface area contributed by atoms with Crippen LogP contribution in [-0.4, -0.2) is 22.4 Å². The zero-order chi connectivity index (χ0) is 6.62. The Hall–Kier alpha value is -0.340. The Morgan fingerprint density at radius 1 is 1.75 bits per heavy atom. The van der Waals surface area contributed by atoms with Crippen LogP contribution in [0.5, 0.6) is 0 Å². The van der Waals surface area contributed by atoms with E-state index in [2.05, 4.69) is 6.58 Å². The van der Waals surface area contributed by atoms with Gasteiger partial charge >= 0.3 is 0 Å². The number of rotatable bonds is 3. The molecule has 0 amide bonds. The van der Waals surface area contributed by atoms with Gasteiger partial charge in [0.15, 0.2) is 0 Å². The third-order valence-electron chi connectivity index (χ3n) is 0.925. The molecular formula is C6H12O2. The van der Waals surface area contributed by atoms with Crippen LogP contribution >= 0.6 is 0 Å². The Bertz CT molecular complexity index is 76.6. The first-order chi connectivity index (χ1) is 3.62. The van der Waals surface area contributed by atoms with Crippen LogP contribution in [0.15, 0.2) is 12.7 Å². The summed E-state index contributed by atoms with van der Waals surface area (Å²) in [5.74, 6) is 0. The first kappa shape index (κ1) is 7.66. The molecule has 0 aliphatic rings. The summed E-state index contributed by atoms with van der Waals surface area (Å²) in [6.07, 6.45) is 2.01. The fraction of sp³-hybridized carbons (Fsp3) is 0.667. The van der Waals surface area contributed by atoms with Gasteiger partial charge in [0.2, 0.25) is 0 Å². The Morgan fingerprint density at radius 3 is 2.38 bits per heavy atom. The van der Waals surface area contributed by atoms with Gasteiger partial charge in [0, 0.05) is 0 Å². The molecule has 0 radical (unpaired) electrons. The van der Waals surface area contributed by atoms with Crippen molar-refractivity contribution in [2.45, 2.75) is 18.9 Å². The zero-order valence-corrected chi connectivity index (χ0v) is 5.09. The number of hydrogen-bond donors (Lipinski definition) is 2.